The fraction of sp³-hybridized carbons (Fsp3) is 0. The van der Waals surface area contributed by atoms with Gasteiger partial charge in [0.15, 0.2) is 0 Å². The van der Waals surface area contributed by atoms with E-state index >= 15 is 0 Å². The summed E-state index contributed by atoms with van der Waals surface area (Å²) in [6, 6.07) is 0. The average molecular weight is 167 g/mol. The Morgan fingerprint density at radius 1 is 1.64 bits per heavy atom. The molecule has 2 aromatic heterocycles. The summed E-state index contributed by atoms with van der Waals surface area (Å²) in [5.74, 6) is 0. The molecule has 0 atom stereocenters. The summed E-state index contributed by atoms with van der Waals surface area (Å²) in [5.41, 5.74) is 6.03. The topological polar surface area (TPSA) is 71.8 Å². The van der Waals surface area contributed by atoms with E-state index in [0.717, 1.165) is 0 Å². The number of aromatic amines is 1. The summed E-state index contributed by atoms with van der Waals surface area (Å²) in [6.07, 6.45) is 1.37. The maximum Gasteiger partial charge on any atom is 0.261 e. The van der Waals surface area contributed by atoms with Crippen LogP contribution in [0.2, 0.25) is 0 Å². The van der Waals surface area contributed by atoms with Crippen molar-refractivity contribution in [1.29, 1.82) is 0 Å². The molecule has 0 aliphatic rings. The smallest absolute Gasteiger partial charge is 0.261 e. The molecule has 0 aliphatic heterocycles. The van der Waals surface area contributed by atoms with Crippen molar-refractivity contribution in [2.45, 2.75) is 0 Å². The Kier molecular flexibility index (Phi) is 1.19. The van der Waals surface area contributed by atoms with E-state index < -0.39 is 0 Å². The highest BCUT2D eigenvalue weighted by Crippen LogP contribution is 2.21. The minimum Gasteiger partial charge on any atom is -0.390 e. The maximum absolute atomic E-state index is 11.1. The number of hydrogen-bond donors (Lipinski definition) is 2. The summed E-state index contributed by atoms with van der Waals surface area (Å²) in [6.45, 7) is 0. The molecule has 56 valence electrons. The predicted molar refractivity (Wildman–Crippen MR) is 44.7 cm³/mol. The molecule has 2 rings (SSSR count). The Morgan fingerprint density at radius 2 is 2.45 bits per heavy atom. The van der Waals surface area contributed by atoms with Crippen LogP contribution in [0, 0.1) is 0 Å². The first-order chi connectivity index (χ1) is 5.29. The number of nitrogens with two attached hydrogens (primary N) is 1. The SMILES string of the molecule is Nc1scc2nc[nH]c(=O)c12. The minimum absolute atomic E-state index is 0.172. The van der Waals surface area contributed by atoms with Crippen LogP contribution in [0.25, 0.3) is 10.9 Å². The van der Waals surface area contributed by atoms with Crippen molar-refractivity contribution < 1.29 is 0 Å². The summed E-state index contributed by atoms with van der Waals surface area (Å²) in [7, 11) is 0. The van der Waals surface area contributed by atoms with Gasteiger partial charge in [0, 0.05) is 5.38 Å². The fourth-order valence-electron chi connectivity index (χ4n) is 0.919. The Hall–Kier alpha value is -1.36. The third-order valence-corrected chi connectivity index (χ3v) is 2.23. The van der Waals surface area contributed by atoms with Crippen LogP contribution in [0.4, 0.5) is 5.00 Å². The lowest BCUT2D eigenvalue weighted by Crippen LogP contribution is -2.05. The molecule has 0 spiro atoms. The van der Waals surface area contributed by atoms with Crippen molar-refractivity contribution in [3.8, 4) is 0 Å². The molecule has 2 aromatic rings. The molecule has 0 fully saturated rings. The standard InChI is InChI=1S/C6H5N3OS/c7-5-4-3(1-11-5)8-2-9-6(4)10/h1-2H,7H2,(H,8,9,10). The zero-order valence-corrected chi connectivity index (χ0v) is 6.31. The number of hydrogen-bond acceptors (Lipinski definition) is 4. The minimum atomic E-state index is -0.172. The van der Waals surface area contributed by atoms with Gasteiger partial charge in [0.1, 0.15) is 5.00 Å². The summed E-state index contributed by atoms with van der Waals surface area (Å²) in [5, 5.41) is 2.78. The summed E-state index contributed by atoms with van der Waals surface area (Å²) >= 11 is 1.33. The van der Waals surface area contributed by atoms with E-state index in [1.54, 1.807) is 5.38 Å². The van der Waals surface area contributed by atoms with E-state index in [4.69, 9.17) is 5.73 Å². The molecule has 2 heterocycles. The van der Waals surface area contributed by atoms with E-state index in [0.29, 0.717) is 15.9 Å². The lowest BCUT2D eigenvalue weighted by atomic mass is 10.4. The van der Waals surface area contributed by atoms with Crippen LogP contribution in [0.3, 0.4) is 0 Å². The summed E-state index contributed by atoms with van der Waals surface area (Å²) in [4.78, 5) is 17.5. The molecule has 0 unspecified atom stereocenters. The second-order valence-electron chi connectivity index (χ2n) is 2.09. The molecule has 0 bridgehead atoms. The molecular formula is C6H5N3OS. The van der Waals surface area contributed by atoms with Crippen LogP contribution in [0.1, 0.15) is 0 Å². The molecule has 4 nitrogen and oxygen atoms in total. The number of nitrogens with one attached hydrogen (secondary N) is 1. The third kappa shape index (κ3) is 0.813. The number of nitrogen functional groups attached to an aromatic ring is 1. The van der Waals surface area contributed by atoms with Crippen molar-refractivity contribution in [2.24, 2.45) is 0 Å². The Morgan fingerprint density at radius 3 is 3.18 bits per heavy atom. The second kappa shape index (κ2) is 2.06. The maximum atomic E-state index is 11.1. The van der Waals surface area contributed by atoms with Gasteiger partial charge in [-0.25, -0.2) is 4.98 Å². The third-order valence-electron chi connectivity index (χ3n) is 1.43. The molecule has 0 aliphatic carbocycles. The van der Waals surface area contributed by atoms with E-state index in [9.17, 15) is 4.79 Å². The van der Waals surface area contributed by atoms with Gasteiger partial charge >= 0.3 is 0 Å². The first-order valence-electron chi connectivity index (χ1n) is 2.99. The first kappa shape index (κ1) is 6.36. The van der Waals surface area contributed by atoms with Gasteiger partial charge in [0.05, 0.1) is 17.2 Å². The van der Waals surface area contributed by atoms with Crippen molar-refractivity contribution in [2.75, 3.05) is 5.73 Å². The molecule has 0 saturated heterocycles. The number of nitrogens with zero attached hydrogens (tertiary/aromatic N) is 1. The monoisotopic (exact) mass is 167 g/mol. The van der Waals surface area contributed by atoms with Gasteiger partial charge in [-0.1, -0.05) is 0 Å². The number of anilines is 1. The fourth-order valence-corrected chi connectivity index (χ4v) is 1.65. The lowest BCUT2D eigenvalue weighted by Gasteiger charge is -1.86. The van der Waals surface area contributed by atoms with Gasteiger partial charge < -0.3 is 10.7 Å². The van der Waals surface area contributed by atoms with Gasteiger partial charge in [0.25, 0.3) is 5.56 Å². The number of thiophene rings is 1. The van der Waals surface area contributed by atoms with Crippen molar-refractivity contribution in [1.82, 2.24) is 9.97 Å². The summed E-state index contributed by atoms with van der Waals surface area (Å²) < 4.78 is 0. The Bertz CT molecular complexity index is 444. The molecule has 5 heteroatoms. The zero-order chi connectivity index (χ0) is 7.84. The Labute approximate surface area is 65.7 Å². The predicted octanol–water partition coefficient (Wildman–Crippen LogP) is 0.567. The largest absolute Gasteiger partial charge is 0.390 e. The number of rotatable bonds is 0. The van der Waals surface area contributed by atoms with Gasteiger partial charge in [-0.05, 0) is 0 Å². The quantitative estimate of drug-likeness (QED) is 0.602. The van der Waals surface area contributed by atoms with Crippen LogP contribution in [-0.4, -0.2) is 9.97 Å². The molecule has 11 heavy (non-hydrogen) atoms. The van der Waals surface area contributed by atoms with Crippen LogP contribution in [0.5, 0.6) is 0 Å². The van der Waals surface area contributed by atoms with Gasteiger partial charge in [-0.15, -0.1) is 11.3 Å². The molecular weight excluding hydrogens is 162 g/mol. The molecule has 0 amide bonds. The van der Waals surface area contributed by atoms with Crippen molar-refractivity contribution in [3.05, 3.63) is 22.1 Å². The number of H-pyrrole nitrogens is 1. The van der Waals surface area contributed by atoms with Crippen LogP contribution in [0.15, 0.2) is 16.5 Å². The normalized spacial score (nSPS) is 10.5. The molecule has 0 radical (unpaired) electrons. The van der Waals surface area contributed by atoms with Crippen LogP contribution < -0.4 is 11.3 Å². The second-order valence-corrected chi connectivity index (χ2v) is 3.00. The first-order valence-corrected chi connectivity index (χ1v) is 3.87. The lowest BCUT2D eigenvalue weighted by molar-refractivity contribution is 1.18. The highest BCUT2D eigenvalue weighted by molar-refractivity contribution is 7.15. The number of aromatic nitrogens is 2. The van der Waals surface area contributed by atoms with E-state index in [1.807, 2.05) is 0 Å². The van der Waals surface area contributed by atoms with E-state index in [2.05, 4.69) is 9.97 Å². The molecule has 0 saturated carbocycles. The van der Waals surface area contributed by atoms with Crippen LogP contribution >= 0.6 is 11.3 Å². The van der Waals surface area contributed by atoms with Crippen LogP contribution in [-0.2, 0) is 0 Å². The molecule has 0 aromatic carbocycles. The van der Waals surface area contributed by atoms with Crippen molar-refractivity contribution in [3.63, 3.8) is 0 Å². The highest BCUT2D eigenvalue weighted by Gasteiger charge is 2.04. The highest BCUT2D eigenvalue weighted by atomic mass is 32.1. The molecule has 3 N–H and O–H groups in total. The zero-order valence-electron chi connectivity index (χ0n) is 5.50. The number of fused-ring (bicyclic) bond motifs is 1. The van der Waals surface area contributed by atoms with Gasteiger partial charge in [-0.2, -0.15) is 0 Å². The Balaban J connectivity index is 3.08. The van der Waals surface area contributed by atoms with E-state index in [1.165, 1.54) is 17.7 Å². The van der Waals surface area contributed by atoms with E-state index in [-0.39, 0.29) is 5.56 Å². The average Bonchev–Trinajstić information content (AvgIpc) is 2.34. The van der Waals surface area contributed by atoms with Crippen molar-refractivity contribution >= 4 is 27.2 Å². The van der Waals surface area contributed by atoms with Gasteiger partial charge in [0.2, 0.25) is 0 Å². The van der Waals surface area contributed by atoms with Gasteiger partial charge in [-0.3, -0.25) is 4.79 Å².